The minimum atomic E-state index is 0.113. The standard InChI is InChI=1S/C24H23ClN2O2/c1-2-3-13-27-15-18-14-19(9-10-21(18)24(27)28)29-16-22-20(11-12-26-23(22)25)17-7-5-4-6-8-17/h4-12,14H,2-3,13,15-16H2,1H3. The Morgan fingerprint density at radius 3 is 2.72 bits per heavy atom. The van der Waals surface area contributed by atoms with E-state index in [9.17, 15) is 4.79 Å². The third kappa shape index (κ3) is 4.13. The highest BCUT2D eigenvalue weighted by atomic mass is 35.5. The molecule has 0 fully saturated rings. The van der Waals surface area contributed by atoms with Crippen LogP contribution in [0.2, 0.25) is 5.15 Å². The minimum absolute atomic E-state index is 0.113. The van der Waals surface area contributed by atoms with Gasteiger partial charge in [-0.15, -0.1) is 0 Å². The van der Waals surface area contributed by atoms with Crippen molar-refractivity contribution in [2.24, 2.45) is 0 Å². The highest BCUT2D eigenvalue weighted by Crippen LogP contribution is 2.31. The van der Waals surface area contributed by atoms with Crippen LogP contribution in [0.5, 0.6) is 5.75 Å². The summed E-state index contributed by atoms with van der Waals surface area (Å²) in [6.45, 7) is 3.89. The van der Waals surface area contributed by atoms with E-state index in [-0.39, 0.29) is 5.91 Å². The van der Waals surface area contributed by atoms with Crippen LogP contribution in [-0.4, -0.2) is 22.3 Å². The van der Waals surface area contributed by atoms with Crippen LogP contribution in [0.1, 0.15) is 41.3 Å². The second kappa shape index (κ2) is 8.66. The van der Waals surface area contributed by atoms with E-state index in [2.05, 4.69) is 11.9 Å². The predicted octanol–water partition coefficient (Wildman–Crippen LogP) is 5.74. The number of pyridine rings is 1. The average Bonchev–Trinajstić information content (AvgIpc) is 3.06. The van der Waals surface area contributed by atoms with Gasteiger partial charge in [0.05, 0.1) is 0 Å². The molecular formula is C24H23ClN2O2. The predicted molar refractivity (Wildman–Crippen MR) is 115 cm³/mol. The third-order valence-corrected chi connectivity index (χ3v) is 5.53. The fraction of sp³-hybridized carbons (Fsp3) is 0.250. The molecule has 148 valence electrons. The Hall–Kier alpha value is -2.85. The lowest BCUT2D eigenvalue weighted by Gasteiger charge is -2.14. The van der Waals surface area contributed by atoms with Crippen molar-refractivity contribution in [3.05, 3.63) is 82.6 Å². The minimum Gasteiger partial charge on any atom is -0.489 e. The van der Waals surface area contributed by atoms with Crippen LogP contribution in [0.3, 0.4) is 0 Å². The summed E-state index contributed by atoms with van der Waals surface area (Å²) in [5.74, 6) is 0.842. The summed E-state index contributed by atoms with van der Waals surface area (Å²) >= 11 is 6.38. The highest BCUT2D eigenvalue weighted by molar-refractivity contribution is 6.30. The number of ether oxygens (including phenoxy) is 1. The number of amides is 1. The molecule has 0 saturated heterocycles. The van der Waals surface area contributed by atoms with Crippen molar-refractivity contribution in [1.82, 2.24) is 9.88 Å². The largest absolute Gasteiger partial charge is 0.489 e. The Morgan fingerprint density at radius 2 is 1.93 bits per heavy atom. The SMILES string of the molecule is CCCCN1Cc2cc(OCc3c(-c4ccccc4)ccnc3Cl)ccc2C1=O. The summed E-state index contributed by atoms with van der Waals surface area (Å²) in [4.78, 5) is 18.6. The maximum atomic E-state index is 12.5. The van der Waals surface area contributed by atoms with Crippen LogP contribution >= 0.6 is 11.6 Å². The third-order valence-electron chi connectivity index (χ3n) is 5.21. The quantitative estimate of drug-likeness (QED) is 0.470. The normalized spacial score (nSPS) is 12.9. The van der Waals surface area contributed by atoms with Crippen LogP contribution in [0.25, 0.3) is 11.1 Å². The number of benzene rings is 2. The Kier molecular flexibility index (Phi) is 5.81. The fourth-order valence-corrected chi connectivity index (χ4v) is 3.84. The van der Waals surface area contributed by atoms with Crippen LogP contribution in [0, 0.1) is 0 Å². The Labute approximate surface area is 176 Å². The molecule has 2 aromatic carbocycles. The molecule has 1 aliphatic heterocycles. The highest BCUT2D eigenvalue weighted by Gasteiger charge is 2.27. The first-order chi connectivity index (χ1) is 14.2. The van der Waals surface area contributed by atoms with E-state index >= 15 is 0 Å². The molecule has 1 aromatic heterocycles. The molecule has 0 bridgehead atoms. The van der Waals surface area contributed by atoms with Crippen molar-refractivity contribution in [2.75, 3.05) is 6.54 Å². The van der Waals surface area contributed by atoms with Gasteiger partial charge in [-0.25, -0.2) is 4.98 Å². The molecule has 0 spiro atoms. The van der Waals surface area contributed by atoms with Crippen molar-refractivity contribution in [1.29, 1.82) is 0 Å². The molecule has 1 amide bonds. The average molecular weight is 407 g/mol. The lowest BCUT2D eigenvalue weighted by Crippen LogP contribution is -2.24. The zero-order valence-electron chi connectivity index (χ0n) is 16.4. The van der Waals surface area contributed by atoms with E-state index in [0.29, 0.717) is 18.3 Å². The summed E-state index contributed by atoms with van der Waals surface area (Å²) in [5.41, 5.74) is 4.72. The lowest BCUT2D eigenvalue weighted by molar-refractivity contribution is 0.0776. The first-order valence-corrected chi connectivity index (χ1v) is 10.3. The van der Waals surface area contributed by atoms with Crippen LogP contribution < -0.4 is 4.74 Å². The van der Waals surface area contributed by atoms with E-state index in [0.717, 1.165) is 53.0 Å². The van der Waals surface area contributed by atoms with E-state index in [1.165, 1.54) is 0 Å². The summed E-state index contributed by atoms with van der Waals surface area (Å²) < 4.78 is 6.06. The van der Waals surface area contributed by atoms with Gasteiger partial charge in [-0.2, -0.15) is 0 Å². The van der Waals surface area contributed by atoms with Gasteiger partial charge < -0.3 is 9.64 Å². The summed E-state index contributed by atoms with van der Waals surface area (Å²) in [6, 6.07) is 17.7. The summed E-state index contributed by atoms with van der Waals surface area (Å²) in [6.07, 6.45) is 3.80. The van der Waals surface area contributed by atoms with E-state index in [1.54, 1.807) is 6.20 Å². The smallest absolute Gasteiger partial charge is 0.254 e. The summed E-state index contributed by atoms with van der Waals surface area (Å²) in [7, 11) is 0. The molecule has 2 heterocycles. The molecule has 3 aromatic rings. The zero-order valence-corrected chi connectivity index (χ0v) is 17.2. The lowest BCUT2D eigenvalue weighted by atomic mass is 10.0. The number of hydrogen-bond donors (Lipinski definition) is 0. The number of carbonyl (C=O) groups excluding carboxylic acids is 1. The second-order valence-corrected chi connectivity index (χ2v) is 7.54. The van der Waals surface area contributed by atoms with E-state index in [1.807, 2.05) is 59.5 Å². The molecule has 5 heteroatoms. The van der Waals surface area contributed by atoms with Crippen molar-refractivity contribution >= 4 is 17.5 Å². The molecule has 0 unspecified atom stereocenters. The molecule has 0 saturated carbocycles. The van der Waals surface area contributed by atoms with Gasteiger partial charge in [-0.3, -0.25) is 4.79 Å². The first kappa shape index (κ1) is 19.5. The van der Waals surface area contributed by atoms with E-state index < -0.39 is 0 Å². The molecule has 0 atom stereocenters. The monoisotopic (exact) mass is 406 g/mol. The van der Waals surface area contributed by atoms with Gasteiger partial charge >= 0.3 is 0 Å². The van der Waals surface area contributed by atoms with Crippen LogP contribution in [-0.2, 0) is 13.2 Å². The Balaban J connectivity index is 1.53. The van der Waals surface area contributed by atoms with Crippen LogP contribution in [0.15, 0.2) is 60.8 Å². The van der Waals surface area contributed by atoms with E-state index in [4.69, 9.17) is 16.3 Å². The maximum Gasteiger partial charge on any atom is 0.254 e. The van der Waals surface area contributed by atoms with Gasteiger partial charge in [0.1, 0.15) is 17.5 Å². The number of aromatic nitrogens is 1. The molecular weight excluding hydrogens is 384 g/mol. The summed E-state index contributed by atoms with van der Waals surface area (Å²) in [5, 5.41) is 0.438. The number of fused-ring (bicyclic) bond motifs is 1. The number of halogens is 1. The first-order valence-electron chi connectivity index (χ1n) is 9.91. The number of rotatable bonds is 7. The zero-order chi connectivity index (χ0) is 20.2. The Bertz CT molecular complexity index is 1020. The number of carbonyl (C=O) groups is 1. The fourth-order valence-electron chi connectivity index (χ4n) is 3.62. The van der Waals surface area contributed by atoms with Gasteiger partial charge in [0, 0.05) is 30.4 Å². The molecule has 1 aliphatic rings. The molecule has 0 radical (unpaired) electrons. The van der Waals surface area contributed by atoms with Gasteiger partial charge in [0.25, 0.3) is 5.91 Å². The molecule has 29 heavy (non-hydrogen) atoms. The number of nitrogens with zero attached hydrogens (tertiary/aromatic N) is 2. The van der Waals surface area contributed by atoms with Crippen molar-refractivity contribution in [3.8, 4) is 16.9 Å². The Morgan fingerprint density at radius 1 is 1.10 bits per heavy atom. The molecule has 4 nitrogen and oxygen atoms in total. The van der Waals surface area contributed by atoms with Gasteiger partial charge in [-0.1, -0.05) is 55.3 Å². The van der Waals surface area contributed by atoms with Gasteiger partial charge in [-0.05, 0) is 47.4 Å². The number of unbranched alkanes of at least 4 members (excludes halogenated alkanes) is 1. The molecule has 0 N–H and O–H groups in total. The van der Waals surface area contributed by atoms with Crippen molar-refractivity contribution in [3.63, 3.8) is 0 Å². The van der Waals surface area contributed by atoms with Crippen molar-refractivity contribution in [2.45, 2.75) is 32.9 Å². The number of hydrogen-bond acceptors (Lipinski definition) is 3. The van der Waals surface area contributed by atoms with Gasteiger partial charge in [0.15, 0.2) is 0 Å². The maximum absolute atomic E-state index is 12.5. The molecule has 4 rings (SSSR count). The van der Waals surface area contributed by atoms with Gasteiger partial charge in [0.2, 0.25) is 0 Å². The van der Waals surface area contributed by atoms with Crippen LogP contribution in [0.4, 0.5) is 0 Å². The topological polar surface area (TPSA) is 42.4 Å². The molecule has 0 aliphatic carbocycles. The second-order valence-electron chi connectivity index (χ2n) is 7.18. The van der Waals surface area contributed by atoms with Crippen molar-refractivity contribution < 1.29 is 9.53 Å².